The van der Waals surface area contributed by atoms with Crippen molar-refractivity contribution < 1.29 is 9.18 Å². The predicted molar refractivity (Wildman–Crippen MR) is 80.8 cm³/mol. The number of amides is 1. The number of carbonyl (C=O) groups excluding carboxylic acids is 1. The quantitative estimate of drug-likeness (QED) is 0.897. The summed E-state index contributed by atoms with van der Waals surface area (Å²) in [5.74, 6) is -0.846. The maximum atomic E-state index is 14.0. The van der Waals surface area contributed by atoms with Crippen molar-refractivity contribution in [1.29, 1.82) is 0 Å². The van der Waals surface area contributed by atoms with Crippen LogP contribution in [0.1, 0.15) is 36.0 Å². The molecular weight excluding hydrogens is 277 g/mol. The number of aromatic nitrogens is 1. The summed E-state index contributed by atoms with van der Waals surface area (Å²) in [5.41, 5.74) is 0.0515. The van der Waals surface area contributed by atoms with E-state index in [0.29, 0.717) is 5.25 Å². The van der Waals surface area contributed by atoms with E-state index in [0.717, 1.165) is 19.3 Å². The molecule has 2 unspecified atom stereocenters. The number of nitrogens with one attached hydrogen (secondary N) is 2. The maximum Gasteiger partial charge on any atom is 0.254 e. The Morgan fingerprint density at radius 3 is 3.00 bits per heavy atom. The molecule has 0 bridgehead atoms. The molecule has 110 valence electrons. The molecule has 2 atom stereocenters. The lowest BCUT2D eigenvalue weighted by molar-refractivity contribution is 0.0924. The van der Waals surface area contributed by atoms with Crippen LogP contribution >= 0.6 is 11.8 Å². The third-order valence-corrected chi connectivity index (χ3v) is 4.76. The van der Waals surface area contributed by atoms with Crippen LogP contribution in [0.15, 0.2) is 12.3 Å². The Morgan fingerprint density at radius 2 is 2.30 bits per heavy atom. The van der Waals surface area contributed by atoms with Gasteiger partial charge >= 0.3 is 0 Å². The SMILES string of the molecule is CNc1nccc(C(=O)NC2CCCC(SC)C2)c1F. The van der Waals surface area contributed by atoms with Gasteiger partial charge in [-0.05, 0) is 31.6 Å². The Bertz CT molecular complexity index is 483. The normalized spacial score (nSPS) is 22.4. The van der Waals surface area contributed by atoms with Crippen molar-refractivity contribution in [3.63, 3.8) is 0 Å². The van der Waals surface area contributed by atoms with Gasteiger partial charge in [0.05, 0.1) is 5.56 Å². The second-order valence-corrected chi connectivity index (χ2v) is 6.10. The Kier molecular flexibility index (Phi) is 5.23. The fourth-order valence-electron chi connectivity index (χ4n) is 2.55. The van der Waals surface area contributed by atoms with Gasteiger partial charge < -0.3 is 10.6 Å². The van der Waals surface area contributed by atoms with Crippen molar-refractivity contribution in [3.8, 4) is 0 Å². The molecule has 1 amide bonds. The summed E-state index contributed by atoms with van der Waals surface area (Å²) in [4.78, 5) is 16.0. The molecule has 20 heavy (non-hydrogen) atoms. The lowest BCUT2D eigenvalue weighted by atomic mass is 9.94. The minimum absolute atomic E-state index is 0.0515. The molecule has 1 aliphatic carbocycles. The zero-order valence-corrected chi connectivity index (χ0v) is 12.6. The van der Waals surface area contributed by atoms with Crippen LogP contribution in [0.5, 0.6) is 0 Å². The first-order chi connectivity index (χ1) is 9.65. The first-order valence-electron chi connectivity index (χ1n) is 6.81. The van der Waals surface area contributed by atoms with E-state index < -0.39 is 5.82 Å². The zero-order chi connectivity index (χ0) is 14.5. The minimum atomic E-state index is -0.593. The van der Waals surface area contributed by atoms with Crippen molar-refractivity contribution in [2.24, 2.45) is 0 Å². The van der Waals surface area contributed by atoms with Gasteiger partial charge in [0.1, 0.15) is 0 Å². The second-order valence-electron chi connectivity index (χ2n) is 4.97. The van der Waals surface area contributed by atoms with Gasteiger partial charge in [-0.2, -0.15) is 11.8 Å². The van der Waals surface area contributed by atoms with Gasteiger partial charge in [0.15, 0.2) is 11.6 Å². The summed E-state index contributed by atoms with van der Waals surface area (Å²) in [5, 5.41) is 6.17. The number of hydrogen-bond donors (Lipinski definition) is 2. The molecule has 6 heteroatoms. The minimum Gasteiger partial charge on any atom is -0.371 e. The molecular formula is C14H20FN3OS. The molecule has 0 aromatic carbocycles. The summed E-state index contributed by atoms with van der Waals surface area (Å²) >= 11 is 1.84. The monoisotopic (exact) mass is 297 g/mol. The summed E-state index contributed by atoms with van der Waals surface area (Å²) in [6, 6.07) is 1.56. The van der Waals surface area contributed by atoms with Gasteiger partial charge in [-0.1, -0.05) is 6.42 Å². The van der Waals surface area contributed by atoms with E-state index in [4.69, 9.17) is 0 Å². The molecule has 1 aromatic heterocycles. The van der Waals surface area contributed by atoms with Crippen LogP contribution in [-0.4, -0.2) is 35.5 Å². The highest BCUT2D eigenvalue weighted by molar-refractivity contribution is 7.99. The highest BCUT2D eigenvalue weighted by Crippen LogP contribution is 2.27. The number of carbonyl (C=O) groups is 1. The lowest BCUT2D eigenvalue weighted by Gasteiger charge is -2.28. The van der Waals surface area contributed by atoms with Gasteiger partial charge in [0, 0.05) is 24.5 Å². The first kappa shape index (κ1) is 15.1. The fourth-order valence-corrected chi connectivity index (χ4v) is 3.37. The van der Waals surface area contributed by atoms with Crippen LogP contribution < -0.4 is 10.6 Å². The number of thioether (sulfide) groups is 1. The molecule has 0 spiro atoms. The average molecular weight is 297 g/mol. The molecule has 0 radical (unpaired) electrons. The standard InChI is InChI=1S/C14H20FN3OS/c1-16-13-12(15)11(6-7-17-13)14(19)18-9-4-3-5-10(8-9)20-2/h6-7,9-10H,3-5,8H2,1-2H3,(H,16,17)(H,18,19). The van der Waals surface area contributed by atoms with Gasteiger partial charge in [0.2, 0.25) is 0 Å². The molecule has 1 fully saturated rings. The van der Waals surface area contributed by atoms with E-state index in [1.807, 2.05) is 11.8 Å². The molecule has 0 aliphatic heterocycles. The van der Waals surface area contributed by atoms with Gasteiger partial charge in [0.25, 0.3) is 5.91 Å². The van der Waals surface area contributed by atoms with Crippen LogP contribution in [0.4, 0.5) is 10.2 Å². The summed E-state index contributed by atoms with van der Waals surface area (Å²) in [6.45, 7) is 0. The van der Waals surface area contributed by atoms with Crippen molar-refractivity contribution in [2.45, 2.75) is 37.0 Å². The van der Waals surface area contributed by atoms with Crippen LogP contribution in [0.25, 0.3) is 0 Å². The Balaban J connectivity index is 2.05. The van der Waals surface area contributed by atoms with Gasteiger partial charge in [-0.25, -0.2) is 9.37 Å². The van der Waals surface area contributed by atoms with Crippen molar-refractivity contribution >= 4 is 23.5 Å². The van der Waals surface area contributed by atoms with Gasteiger partial charge in [-0.3, -0.25) is 4.79 Å². The lowest BCUT2D eigenvalue weighted by Crippen LogP contribution is -2.39. The molecule has 1 saturated carbocycles. The molecule has 4 nitrogen and oxygen atoms in total. The largest absolute Gasteiger partial charge is 0.371 e. The third kappa shape index (κ3) is 3.42. The molecule has 1 aromatic rings. The maximum absolute atomic E-state index is 14.0. The number of halogens is 1. The van der Waals surface area contributed by atoms with E-state index in [1.54, 1.807) is 7.05 Å². The van der Waals surface area contributed by atoms with Crippen molar-refractivity contribution in [3.05, 3.63) is 23.6 Å². The average Bonchev–Trinajstić information content (AvgIpc) is 2.47. The highest BCUT2D eigenvalue weighted by atomic mass is 32.2. The predicted octanol–water partition coefficient (Wildman–Crippen LogP) is 2.67. The summed E-state index contributed by atoms with van der Waals surface area (Å²) < 4.78 is 14.0. The molecule has 2 rings (SSSR count). The Labute approximate surface area is 122 Å². The third-order valence-electron chi connectivity index (χ3n) is 3.67. The van der Waals surface area contributed by atoms with Crippen LogP contribution in [0, 0.1) is 5.82 Å². The number of pyridine rings is 1. The van der Waals surface area contributed by atoms with Crippen molar-refractivity contribution in [2.75, 3.05) is 18.6 Å². The molecule has 1 heterocycles. The van der Waals surface area contributed by atoms with Gasteiger partial charge in [-0.15, -0.1) is 0 Å². The van der Waals surface area contributed by atoms with E-state index in [-0.39, 0.29) is 23.3 Å². The van der Waals surface area contributed by atoms with E-state index >= 15 is 0 Å². The van der Waals surface area contributed by atoms with Crippen LogP contribution in [0.2, 0.25) is 0 Å². The number of anilines is 1. The summed E-state index contributed by atoms with van der Waals surface area (Å²) in [7, 11) is 1.58. The van der Waals surface area contributed by atoms with E-state index in [2.05, 4.69) is 21.9 Å². The molecule has 1 aliphatic rings. The van der Waals surface area contributed by atoms with E-state index in [9.17, 15) is 9.18 Å². The topological polar surface area (TPSA) is 54.0 Å². The van der Waals surface area contributed by atoms with Crippen LogP contribution in [-0.2, 0) is 0 Å². The summed E-state index contributed by atoms with van der Waals surface area (Å²) in [6.07, 6.45) is 7.76. The Hall–Kier alpha value is -1.30. The smallest absolute Gasteiger partial charge is 0.254 e. The fraction of sp³-hybridized carbons (Fsp3) is 0.571. The molecule has 0 saturated heterocycles. The second kappa shape index (κ2) is 6.92. The number of rotatable bonds is 4. The Morgan fingerprint density at radius 1 is 1.50 bits per heavy atom. The van der Waals surface area contributed by atoms with E-state index in [1.165, 1.54) is 18.7 Å². The first-order valence-corrected chi connectivity index (χ1v) is 8.10. The van der Waals surface area contributed by atoms with Crippen molar-refractivity contribution in [1.82, 2.24) is 10.3 Å². The van der Waals surface area contributed by atoms with Crippen LogP contribution in [0.3, 0.4) is 0 Å². The number of nitrogens with zero attached hydrogens (tertiary/aromatic N) is 1. The number of hydrogen-bond acceptors (Lipinski definition) is 4. The molecule has 2 N–H and O–H groups in total. The zero-order valence-electron chi connectivity index (χ0n) is 11.8. The highest BCUT2D eigenvalue weighted by Gasteiger charge is 2.24.